The van der Waals surface area contributed by atoms with Crippen LogP contribution in [0.4, 0.5) is 0 Å². The number of likely N-dealkylation sites (tertiary alicyclic amines) is 1. The maximum atomic E-state index is 5.60. The number of oxazole rings is 1. The fraction of sp³-hybridized carbons (Fsp3) is 0.471. The summed E-state index contributed by atoms with van der Waals surface area (Å²) in [6, 6.07) is 10.1. The minimum atomic E-state index is 0.496. The van der Waals surface area contributed by atoms with Crippen molar-refractivity contribution in [2.24, 2.45) is 5.41 Å². The minimum Gasteiger partial charge on any atom is -0.444 e. The van der Waals surface area contributed by atoms with E-state index in [1.165, 1.54) is 12.8 Å². The number of nitrogens with zero attached hydrogens (tertiary/aromatic N) is 2. The fourth-order valence-electron chi connectivity index (χ4n) is 2.64. The molecule has 20 heavy (non-hydrogen) atoms. The van der Waals surface area contributed by atoms with E-state index >= 15 is 0 Å². The van der Waals surface area contributed by atoms with E-state index < -0.39 is 0 Å². The highest BCUT2D eigenvalue weighted by atomic mass is 16.3. The molecule has 1 aliphatic heterocycles. The first-order valence-electron chi connectivity index (χ1n) is 7.35. The van der Waals surface area contributed by atoms with Crippen LogP contribution in [-0.4, -0.2) is 23.0 Å². The molecule has 0 saturated carbocycles. The van der Waals surface area contributed by atoms with E-state index in [1.807, 2.05) is 30.3 Å². The third kappa shape index (κ3) is 3.10. The lowest BCUT2D eigenvalue weighted by Gasteiger charge is -2.36. The van der Waals surface area contributed by atoms with Crippen molar-refractivity contribution in [3.05, 3.63) is 42.3 Å². The number of hydrogen-bond acceptors (Lipinski definition) is 3. The van der Waals surface area contributed by atoms with Crippen LogP contribution in [0.3, 0.4) is 0 Å². The lowest BCUT2D eigenvalue weighted by molar-refractivity contribution is 0.126. The van der Waals surface area contributed by atoms with Crippen molar-refractivity contribution in [1.82, 2.24) is 9.88 Å². The van der Waals surface area contributed by atoms with Crippen molar-refractivity contribution in [2.45, 2.75) is 33.2 Å². The third-order valence-corrected chi connectivity index (χ3v) is 4.17. The Kier molecular flexibility index (Phi) is 3.62. The molecule has 3 rings (SSSR count). The molecule has 2 aromatic rings. The van der Waals surface area contributed by atoms with Gasteiger partial charge in [0.25, 0.3) is 0 Å². The Balaban J connectivity index is 1.64. The fourth-order valence-corrected chi connectivity index (χ4v) is 2.64. The number of hydrogen-bond donors (Lipinski definition) is 0. The standard InChI is InChI=1S/C17H22N2O/c1-17(2)8-10-19(11-9-17)12-15-13-20-16(18-15)14-6-4-3-5-7-14/h3-7,13H,8-12H2,1-2H3. The van der Waals surface area contributed by atoms with E-state index in [4.69, 9.17) is 4.42 Å². The molecular formula is C17H22N2O. The summed E-state index contributed by atoms with van der Waals surface area (Å²) >= 11 is 0. The van der Waals surface area contributed by atoms with E-state index in [0.717, 1.165) is 36.8 Å². The van der Waals surface area contributed by atoms with Crippen LogP contribution in [0.25, 0.3) is 11.5 Å². The largest absolute Gasteiger partial charge is 0.444 e. The predicted molar refractivity (Wildman–Crippen MR) is 80.2 cm³/mol. The molecule has 0 unspecified atom stereocenters. The van der Waals surface area contributed by atoms with E-state index in [2.05, 4.69) is 23.7 Å². The maximum Gasteiger partial charge on any atom is 0.226 e. The number of rotatable bonds is 3. The summed E-state index contributed by atoms with van der Waals surface area (Å²) in [5.74, 6) is 0.720. The molecule has 2 heterocycles. The Hall–Kier alpha value is -1.61. The van der Waals surface area contributed by atoms with Gasteiger partial charge in [-0.15, -0.1) is 0 Å². The average Bonchev–Trinajstić information content (AvgIpc) is 2.91. The summed E-state index contributed by atoms with van der Waals surface area (Å²) in [5.41, 5.74) is 2.57. The Morgan fingerprint density at radius 1 is 1.15 bits per heavy atom. The van der Waals surface area contributed by atoms with E-state index in [0.29, 0.717) is 5.41 Å². The van der Waals surface area contributed by atoms with Crippen LogP contribution in [-0.2, 0) is 6.54 Å². The van der Waals surface area contributed by atoms with Gasteiger partial charge in [-0.2, -0.15) is 0 Å². The first kappa shape index (κ1) is 13.4. The van der Waals surface area contributed by atoms with E-state index in [9.17, 15) is 0 Å². The molecule has 1 aliphatic rings. The molecule has 0 N–H and O–H groups in total. The second kappa shape index (κ2) is 5.41. The zero-order valence-electron chi connectivity index (χ0n) is 12.3. The number of benzene rings is 1. The lowest BCUT2D eigenvalue weighted by atomic mass is 9.83. The molecule has 0 radical (unpaired) electrons. The van der Waals surface area contributed by atoms with Gasteiger partial charge >= 0.3 is 0 Å². The van der Waals surface area contributed by atoms with Gasteiger partial charge in [0.2, 0.25) is 5.89 Å². The molecule has 0 bridgehead atoms. The van der Waals surface area contributed by atoms with Gasteiger partial charge in [0, 0.05) is 12.1 Å². The van der Waals surface area contributed by atoms with Crippen molar-refractivity contribution in [1.29, 1.82) is 0 Å². The summed E-state index contributed by atoms with van der Waals surface area (Å²) in [4.78, 5) is 7.07. The van der Waals surface area contributed by atoms with Crippen LogP contribution in [0.15, 0.2) is 41.0 Å². The molecule has 0 amide bonds. The Bertz CT molecular complexity index is 549. The number of piperidine rings is 1. The minimum absolute atomic E-state index is 0.496. The molecule has 1 aromatic heterocycles. The molecule has 0 spiro atoms. The smallest absolute Gasteiger partial charge is 0.226 e. The average molecular weight is 270 g/mol. The first-order chi connectivity index (χ1) is 9.62. The Labute approximate surface area is 120 Å². The van der Waals surface area contributed by atoms with E-state index in [1.54, 1.807) is 6.26 Å². The van der Waals surface area contributed by atoms with Gasteiger partial charge < -0.3 is 4.42 Å². The van der Waals surface area contributed by atoms with Crippen LogP contribution in [0.2, 0.25) is 0 Å². The molecule has 1 fully saturated rings. The summed E-state index contributed by atoms with van der Waals surface area (Å²) in [6.45, 7) is 7.91. The second-order valence-corrected chi connectivity index (χ2v) is 6.45. The highest BCUT2D eigenvalue weighted by Gasteiger charge is 2.25. The van der Waals surface area contributed by atoms with Gasteiger partial charge in [-0.05, 0) is 43.5 Å². The van der Waals surface area contributed by atoms with Crippen LogP contribution in [0.1, 0.15) is 32.4 Å². The maximum absolute atomic E-state index is 5.60. The summed E-state index contributed by atoms with van der Waals surface area (Å²) in [7, 11) is 0. The highest BCUT2D eigenvalue weighted by molar-refractivity contribution is 5.52. The van der Waals surface area contributed by atoms with Gasteiger partial charge in [0.15, 0.2) is 0 Å². The lowest BCUT2D eigenvalue weighted by Crippen LogP contribution is -2.36. The van der Waals surface area contributed by atoms with Gasteiger partial charge in [0.1, 0.15) is 6.26 Å². The Morgan fingerprint density at radius 2 is 1.85 bits per heavy atom. The first-order valence-corrected chi connectivity index (χ1v) is 7.35. The van der Waals surface area contributed by atoms with Crippen LogP contribution in [0.5, 0.6) is 0 Å². The molecule has 0 aliphatic carbocycles. The molecule has 3 nitrogen and oxygen atoms in total. The van der Waals surface area contributed by atoms with Crippen molar-refractivity contribution >= 4 is 0 Å². The van der Waals surface area contributed by atoms with Crippen LogP contribution < -0.4 is 0 Å². The predicted octanol–water partition coefficient (Wildman–Crippen LogP) is 3.96. The quantitative estimate of drug-likeness (QED) is 0.845. The molecular weight excluding hydrogens is 248 g/mol. The summed E-state index contributed by atoms with van der Waals surface area (Å²) in [6.07, 6.45) is 4.31. The van der Waals surface area contributed by atoms with Gasteiger partial charge in [-0.3, -0.25) is 4.90 Å². The topological polar surface area (TPSA) is 29.3 Å². The van der Waals surface area contributed by atoms with Crippen molar-refractivity contribution in [2.75, 3.05) is 13.1 Å². The van der Waals surface area contributed by atoms with Gasteiger partial charge in [0.05, 0.1) is 5.69 Å². The second-order valence-electron chi connectivity index (χ2n) is 6.45. The van der Waals surface area contributed by atoms with Crippen molar-refractivity contribution in [3.63, 3.8) is 0 Å². The third-order valence-electron chi connectivity index (χ3n) is 4.17. The summed E-state index contributed by atoms with van der Waals surface area (Å²) in [5, 5.41) is 0. The molecule has 1 aromatic carbocycles. The van der Waals surface area contributed by atoms with Crippen LogP contribution >= 0.6 is 0 Å². The summed E-state index contributed by atoms with van der Waals surface area (Å²) < 4.78 is 5.60. The monoisotopic (exact) mass is 270 g/mol. The normalized spacial score (nSPS) is 19.1. The van der Waals surface area contributed by atoms with Gasteiger partial charge in [-0.1, -0.05) is 32.0 Å². The SMILES string of the molecule is CC1(C)CCN(Cc2coc(-c3ccccc3)n2)CC1. The highest BCUT2D eigenvalue weighted by Crippen LogP contribution is 2.30. The van der Waals surface area contributed by atoms with Crippen molar-refractivity contribution < 1.29 is 4.42 Å². The van der Waals surface area contributed by atoms with Crippen molar-refractivity contribution in [3.8, 4) is 11.5 Å². The molecule has 0 atom stereocenters. The zero-order chi connectivity index (χ0) is 14.0. The molecule has 3 heteroatoms. The zero-order valence-corrected chi connectivity index (χ0v) is 12.3. The van der Waals surface area contributed by atoms with Gasteiger partial charge in [-0.25, -0.2) is 4.98 Å². The molecule has 106 valence electrons. The Morgan fingerprint density at radius 3 is 2.55 bits per heavy atom. The number of aromatic nitrogens is 1. The van der Waals surface area contributed by atoms with Crippen LogP contribution in [0, 0.1) is 5.41 Å². The molecule has 1 saturated heterocycles. The van der Waals surface area contributed by atoms with E-state index in [-0.39, 0.29) is 0 Å².